The van der Waals surface area contributed by atoms with Gasteiger partial charge in [-0.3, -0.25) is 4.72 Å². The number of rotatable bonds is 9. The lowest BCUT2D eigenvalue weighted by Gasteiger charge is -2.13. The Balaban J connectivity index is 3.04. The van der Waals surface area contributed by atoms with E-state index in [9.17, 15) is 21.2 Å². The second kappa shape index (κ2) is 8.41. The fourth-order valence-corrected chi connectivity index (χ4v) is 4.25. The zero-order valence-corrected chi connectivity index (χ0v) is 15.0. The van der Waals surface area contributed by atoms with E-state index in [1.54, 1.807) is 13.8 Å². The van der Waals surface area contributed by atoms with Gasteiger partial charge in [-0.05, 0) is 31.0 Å². The van der Waals surface area contributed by atoms with Crippen molar-refractivity contribution in [2.75, 3.05) is 10.5 Å². The van der Waals surface area contributed by atoms with Crippen LogP contribution >= 0.6 is 0 Å². The molecular weight excluding hydrogens is 357 g/mol. The molecule has 0 saturated heterocycles. The van der Waals surface area contributed by atoms with E-state index in [1.165, 1.54) is 0 Å². The third-order valence-corrected chi connectivity index (χ3v) is 5.97. The number of nitrogens with zero attached hydrogens (tertiary/aromatic N) is 1. The first kappa shape index (κ1) is 20.3. The molecule has 1 atom stereocenters. The van der Waals surface area contributed by atoms with Crippen molar-refractivity contribution in [3.8, 4) is 6.07 Å². The maximum Gasteiger partial charge on any atom is 0.241 e. The summed E-state index contributed by atoms with van der Waals surface area (Å²) in [5, 5.41) is 8.92. The van der Waals surface area contributed by atoms with Crippen molar-refractivity contribution in [1.29, 1.82) is 5.26 Å². The largest absolute Gasteiger partial charge is 0.281 e. The quantitative estimate of drug-likeness (QED) is 0.682. The second-order valence-corrected chi connectivity index (χ2v) is 8.71. The fraction of sp³-hybridized carbons (Fsp3) is 0.500. The monoisotopic (exact) mass is 377 g/mol. The van der Waals surface area contributed by atoms with E-state index < -0.39 is 31.9 Å². The SMILES string of the molecule is CCCC(C#N)NS(=O)(=O)c1ccc(NS(=O)(=O)CCC)c(F)c1. The molecule has 24 heavy (non-hydrogen) atoms. The van der Waals surface area contributed by atoms with E-state index in [-0.39, 0.29) is 16.3 Å². The molecule has 0 bridgehead atoms. The molecule has 10 heteroatoms. The Morgan fingerprint density at radius 1 is 1.21 bits per heavy atom. The lowest BCUT2D eigenvalue weighted by molar-refractivity contribution is 0.560. The zero-order chi connectivity index (χ0) is 18.4. The first-order valence-electron chi connectivity index (χ1n) is 7.37. The fourth-order valence-electron chi connectivity index (χ4n) is 1.93. The van der Waals surface area contributed by atoms with Crippen LogP contribution in [-0.2, 0) is 20.0 Å². The van der Waals surface area contributed by atoms with E-state index in [1.807, 2.05) is 6.07 Å². The van der Waals surface area contributed by atoms with Crippen LogP contribution < -0.4 is 9.44 Å². The minimum Gasteiger partial charge on any atom is -0.281 e. The molecule has 7 nitrogen and oxygen atoms in total. The maximum absolute atomic E-state index is 14.0. The van der Waals surface area contributed by atoms with Crippen LogP contribution in [0.1, 0.15) is 33.1 Å². The molecule has 0 radical (unpaired) electrons. The Kier molecular flexibility index (Phi) is 7.13. The van der Waals surface area contributed by atoms with Gasteiger partial charge in [0.05, 0.1) is 22.4 Å². The van der Waals surface area contributed by atoms with Gasteiger partial charge >= 0.3 is 0 Å². The van der Waals surface area contributed by atoms with E-state index >= 15 is 0 Å². The number of nitriles is 1. The normalized spacial score (nSPS) is 13.2. The van der Waals surface area contributed by atoms with Crippen molar-refractivity contribution in [3.63, 3.8) is 0 Å². The van der Waals surface area contributed by atoms with E-state index in [4.69, 9.17) is 5.26 Å². The molecule has 0 spiro atoms. The molecule has 1 aromatic rings. The molecule has 2 N–H and O–H groups in total. The van der Waals surface area contributed by atoms with Crippen LogP contribution in [0.25, 0.3) is 0 Å². The summed E-state index contributed by atoms with van der Waals surface area (Å²) in [4.78, 5) is -0.380. The highest BCUT2D eigenvalue weighted by Gasteiger charge is 2.21. The van der Waals surface area contributed by atoms with Gasteiger partial charge in [0.15, 0.2) is 0 Å². The third-order valence-electron chi connectivity index (χ3n) is 3.02. The summed E-state index contributed by atoms with van der Waals surface area (Å²) >= 11 is 0. The topological polar surface area (TPSA) is 116 Å². The van der Waals surface area contributed by atoms with E-state index in [0.717, 1.165) is 12.1 Å². The van der Waals surface area contributed by atoms with Crippen LogP contribution in [-0.4, -0.2) is 28.6 Å². The molecule has 0 fully saturated rings. The Labute approximate surface area is 142 Å². The summed E-state index contributed by atoms with van der Waals surface area (Å²) in [7, 11) is -7.76. The first-order valence-corrected chi connectivity index (χ1v) is 10.5. The predicted molar refractivity (Wildman–Crippen MR) is 88.7 cm³/mol. The van der Waals surface area contributed by atoms with Crippen molar-refractivity contribution in [3.05, 3.63) is 24.0 Å². The number of halogens is 1. The minimum absolute atomic E-state index is 0.172. The summed E-state index contributed by atoms with van der Waals surface area (Å²) < 4.78 is 65.9. The van der Waals surface area contributed by atoms with Gasteiger partial charge in [-0.1, -0.05) is 20.3 Å². The maximum atomic E-state index is 14.0. The third kappa shape index (κ3) is 5.74. The molecule has 1 aromatic carbocycles. The Hall–Kier alpha value is -1.70. The molecule has 0 amide bonds. The number of sulfonamides is 2. The van der Waals surface area contributed by atoms with Crippen LogP contribution in [0, 0.1) is 17.1 Å². The molecule has 0 heterocycles. The summed E-state index contributed by atoms with van der Waals surface area (Å²) in [6.45, 7) is 3.47. The van der Waals surface area contributed by atoms with Crippen LogP contribution in [0.5, 0.6) is 0 Å². The molecule has 0 aliphatic rings. The number of hydrogen-bond donors (Lipinski definition) is 2. The first-order chi connectivity index (χ1) is 11.1. The van der Waals surface area contributed by atoms with E-state index in [0.29, 0.717) is 25.3 Å². The molecule has 0 saturated carbocycles. The smallest absolute Gasteiger partial charge is 0.241 e. The summed E-state index contributed by atoms with van der Waals surface area (Å²) in [6.07, 6.45) is 1.29. The van der Waals surface area contributed by atoms with E-state index in [2.05, 4.69) is 9.44 Å². The lowest BCUT2D eigenvalue weighted by Crippen LogP contribution is -2.33. The minimum atomic E-state index is -4.08. The molecule has 0 aliphatic carbocycles. The highest BCUT2D eigenvalue weighted by molar-refractivity contribution is 7.92. The Bertz CT molecular complexity index is 817. The van der Waals surface area contributed by atoms with Crippen LogP contribution in [0.3, 0.4) is 0 Å². The van der Waals surface area contributed by atoms with Gasteiger partial charge in [0, 0.05) is 0 Å². The van der Waals surface area contributed by atoms with Gasteiger partial charge in [-0.15, -0.1) is 0 Å². The number of benzene rings is 1. The van der Waals surface area contributed by atoms with Crippen molar-refractivity contribution < 1.29 is 21.2 Å². The standard InChI is InChI=1S/C14H20FN3O4S2/c1-3-5-11(10-16)17-24(21,22)12-6-7-14(13(15)9-12)18-23(19,20)8-4-2/h6-7,9,11,17-18H,3-5,8H2,1-2H3. The molecule has 1 unspecified atom stereocenters. The average Bonchev–Trinajstić information content (AvgIpc) is 2.48. The van der Waals surface area contributed by atoms with Crippen LogP contribution in [0.15, 0.2) is 23.1 Å². The zero-order valence-electron chi connectivity index (χ0n) is 13.4. The van der Waals surface area contributed by atoms with Gasteiger partial charge in [0.25, 0.3) is 0 Å². The summed E-state index contributed by atoms with van der Waals surface area (Å²) in [5.74, 6) is -1.18. The van der Waals surface area contributed by atoms with Crippen LogP contribution in [0.2, 0.25) is 0 Å². The molecule has 134 valence electrons. The van der Waals surface area contributed by atoms with Crippen molar-refractivity contribution in [1.82, 2.24) is 4.72 Å². The second-order valence-electron chi connectivity index (χ2n) is 5.15. The lowest BCUT2D eigenvalue weighted by atomic mass is 10.2. The van der Waals surface area contributed by atoms with Crippen LogP contribution in [0.4, 0.5) is 10.1 Å². The number of anilines is 1. The number of nitrogens with one attached hydrogen (secondary N) is 2. The van der Waals surface area contributed by atoms with Crippen molar-refractivity contribution in [2.45, 2.75) is 44.0 Å². The van der Waals surface area contributed by atoms with Gasteiger partial charge < -0.3 is 0 Å². The summed E-state index contributed by atoms with van der Waals surface area (Å²) in [6, 6.07) is 3.75. The Morgan fingerprint density at radius 2 is 1.88 bits per heavy atom. The molecule has 0 aliphatic heterocycles. The van der Waals surface area contributed by atoms with Crippen molar-refractivity contribution in [2.24, 2.45) is 0 Å². The average molecular weight is 377 g/mol. The molecule has 0 aromatic heterocycles. The predicted octanol–water partition coefficient (Wildman–Crippen LogP) is 1.95. The van der Waals surface area contributed by atoms with Gasteiger partial charge in [-0.25, -0.2) is 21.2 Å². The summed E-state index contributed by atoms with van der Waals surface area (Å²) in [5.41, 5.74) is -0.326. The Morgan fingerprint density at radius 3 is 2.38 bits per heavy atom. The van der Waals surface area contributed by atoms with Gasteiger partial charge in [-0.2, -0.15) is 9.98 Å². The van der Waals surface area contributed by atoms with Crippen molar-refractivity contribution >= 4 is 25.7 Å². The van der Waals surface area contributed by atoms with Gasteiger partial charge in [0.2, 0.25) is 20.0 Å². The number of hydrogen-bond acceptors (Lipinski definition) is 5. The molecule has 1 rings (SSSR count). The van der Waals surface area contributed by atoms with Gasteiger partial charge in [0.1, 0.15) is 11.9 Å². The highest BCUT2D eigenvalue weighted by Crippen LogP contribution is 2.20. The highest BCUT2D eigenvalue weighted by atomic mass is 32.2. The molecular formula is C14H20FN3O4S2.